The molecule has 1 atom stereocenters. The Morgan fingerprint density at radius 1 is 0.484 bits per heavy atom. The van der Waals surface area contributed by atoms with E-state index in [0.29, 0.717) is 28.2 Å². The number of hydrogen-bond acceptors (Lipinski definition) is 18. The van der Waals surface area contributed by atoms with E-state index in [1.165, 1.54) is 73.5 Å². The minimum absolute atomic E-state index is 0.0677. The molecule has 0 fully saturated rings. The molecule has 6 aromatic carbocycles. The van der Waals surface area contributed by atoms with Crippen LogP contribution < -0.4 is 21.7 Å². The van der Waals surface area contributed by atoms with Gasteiger partial charge in [-0.3, -0.25) is 47.7 Å². The first-order chi connectivity index (χ1) is 58.6. The number of aromatic carboxylic acids is 1. The molecule has 0 bridgehead atoms. The summed E-state index contributed by atoms with van der Waals surface area (Å²) >= 11 is 10.9. The molecule has 7 N–H and O–H groups in total. The highest BCUT2D eigenvalue weighted by Gasteiger charge is 2.15. The number of amides is 1. The van der Waals surface area contributed by atoms with Gasteiger partial charge in [0.25, 0.3) is 5.91 Å². The molecule has 0 aliphatic carbocycles. The van der Waals surface area contributed by atoms with Crippen molar-refractivity contribution in [2.24, 2.45) is 41.0 Å². The second-order valence-corrected chi connectivity index (χ2v) is 30.3. The van der Waals surface area contributed by atoms with Crippen LogP contribution in [-0.4, -0.2) is 148 Å². The Morgan fingerprint density at radius 2 is 0.779 bits per heavy atom. The summed E-state index contributed by atoms with van der Waals surface area (Å²) in [7, 11) is 17.3. The Labute approximate surface area is 743 Å². The number of aryl methyl sites for hydroxylation is 13. The van der Waals surface area contributed by atoms with E-state index in [9.17, 15) is 19.2 Å². The lowest BCUT2D eigenvalue weighted by molar-refractivity contribution is -0.0757. The Balaban J connectivity index is 0.000000451. The average molecular weight is 1780 g/mol. The molecule has 0 spiro atoms. The van der Waals surface area contributed by atoms with Gasteiger partial charge in [-0.2, -0.15) is 30.6 Å². The number of nitrogens with one attached hydrogen (secondary N) is 4. The van der Waals surface area contributed by atoms with Crippen LogP contribution in [0.1, 0.15) is 146 Å². The molecule has 14 aromatic rings. The molecule has 0 aliphatic rings. The van der Waals surface area contributed by atoms with Crippen LogP contribution in [0.15, 0.2) is 256 Å². The third kappa shape index (κ3) is 44.8. The molecule has 29 heteroatoms. The standard InChI is InChI=1S/C9H12N4S.C8H10N4S.6C8H10.C7H9BrN2O.C7H11N3O2.C7H10N2O.C5H6N2O2.C2H6N2S/c1-6-8(12-9(10-2)14-6)7-4-11-13(3)5-7;1-5-7(6-3-10-11-4-6)12-8(9-2)13-5;6*1-2-8-6-4-3-5-7-8;1-5(8)7(11)6-3-9-10(2)4-6;1-9-5-6(4-8-9)7(11)10(2)12-3;1-3-7(10)6-4-8-9(2)5-6;1-7-3-4(2-6-7)5(8)9;1-4-2(3)5/h4-5H,1-3H3,(H,10,12);3-4H,1-2H3,(H,9,12)(H,10,11);6*3-7H,2H2,1H3;3-5H,1-2H3;4-5H,1-3H3;4-5H,3H2,1-2H3;2-3H,1H3,(H,8,9);1H3,(H3,3,4,5). The van der Waals surface area contributed by atoms with E-state index in [2.05, 4.69) is 291 Å². The van der Waals surface area contributed by atoms with Crippen LogP contribution in [0.4, 0.5) is 10.3 Å². The molecule has 1 amide bonds. The first-order valence-electron chi connectivity index (χ1n) is 39.8. The number of ketones is 2. The number of hydrogen-bond donors (Lipinski definition) is 6. The highest BCUT2D eigenvalue weighted by Crippen LogP contribution is 2.30. The fourth-order valence-electron chi connectivity index (χ4n) is 9.62. The van der Waals surface area contributed by atoms with Crippen LogP contribution in [0.5, 0.6) is 0 Å². The topological polar surface area (TPSA) is 307 Å². The van der Waals surface area contributed by atoms with Crippen molar-refractivity contribution < 1.29 is 29.1 Å². The van der Waals surface area contributed by atoms with Crippen molar-refractivity contribution >= 4 is 89.6 Å². The normalized spacial score (nSPS) is 9.81. The highest BCUT2D eigenvalue weighted by atomic mass is 79.9. The molecule has 14 rings (SSSR count). The number of rotatable bonds is 17. The van der Waals surface area contributed by atoms with Crippen molar-refractivity contribution in [2.45, 2.75) is 119 Å². The zero-order valence-electron chi connectivity index (χ0n) is 74.2. The number of halogens is 1. The second kappa shape index (κ2) is 62.9. The second-order valence-electron chi connectivity index (χ2n) is 26.0. The van der Waals surface area contributed by atoms with Gasteiger partial charge in [-0.25, -0.2) is 19.8 Å². The molecule has 8 aromatic heterocycles. The Morgan fingerprint density at radius 3 is 0.992 bits per heavy atom. The van der Waals surface area contributed by atoms with E-state index in [4.69, 9.17) is 15.7 Å². The van der Waals surface area contributed by atoms with E-state index in [1.807, 2.05) is 83.1 Å². The number of thiocarbonyl (C=S) groups is 1. The summed E-state index contributed by atoms with van der Waals surface area (Å²) in [5.74, 6) is -0.931. The van der Waals surface area contributed by atoms with Gasteiger partial charge >= 0.3 is 5.97 Å². The summed E-state index contributed by atoms with van der Waals surface area (Å²) < 4.78 is 8.04. The number of Topliss-reactive ketones (excluding diaryl/α,β-unsaturated/α-hetero) is 2. The van der Waals surface area contributed by atoms with Gasteiger partial charge in [-0.05, 0) is 105 Å². The summed E-state index contributed by atoms with van der Waals surface area (Å²) in [5.41, 5.74) is 19.6. The van der Waals surface area contributed by atoms with Gasteiger partial charge in [-0.15, -0.1) is 22.7 Å². The fraction of sp³-hybridized carbons (Fsp3) is 0.301. The predicted octanol–water partition coefficient (Wildman–Crippen LogP) is 19.3. The lowest BCUT2D eigenvalue weighted by Gasteiger charge is -2.11. The third-order valence-corrected chi connectivity index (χ3v) is 19.3. The quantitative estimate of drug-likeness (QED) is 0.0214. The first kappa shape index (κ1) is 106. The van der Waals surface area contributed by atoms with E-state index >= 15 is 0 Å². The Bertz CT molecular complexity index is 4750. The lowest BCUT2D eigenvalue weighted by Crippen LogP contribution is -2.24. The molecule has 25 nitrogen and oxygen atoms in total. The number of nitrogens with zero attached hydrogens (tertiary/aromatic N) is 14. The highest BCUT2D eigenvalue weighted by molar-refractivity contribution is 9.10. The Hall–Kier alpha value is -12.1. The molecule has 652 valence electrons. The maximum Gasteiger partial charge on any atom is 0.338 e. The smallest absolute Gasteiger partial charge is 0.338 e. The molecule has 0 radical (unpaired) electrons. The lowest BCUT2D eigenvalue weighted by atomic mass is 10.2. The van der Waals surface area contributed by atoms with E-state index < -0.39 is 5.97 Å². The van der Waals surface area contributed by atoms with Crippen molar-refractivity contribution in [2.75, 3.05) is 45.9 Å². The number of carboxylic acid groups (broad SMARTS) is 1. The average Bonchev–Trinajstić information content (AvgIpc) is 1.72. The predicted molar refractivity (Wildman–Crippen MR) is 510 cm³/mol. The number of hydroxylamine groups is 2. The van der Waals surface area contributed by atoms with Gasteiger partial charge in [0.15, 0.2) is 26.9 Å². The Kier molecular flexibility index (Phi) is 54.6. The van der Waals surface area contributed by atoms with Gasteiger partial charge in [-0.1, -0.05) is 246 Å². The number of thiazole rings is 2. The van der Waals surface area contributed by atoms with Crippen LogP contribution in [0, 0.1) is 13.8 Å². The van der Waals surface area contributed by atoms with Crippen molar-refractivity contribution in [3.8, 4) is 22.5 Å². The minimum Gasteiger partial charge on any atom is -0.478 e. The van der Waals surface area contributed by atoms with Crippen LogP contribution in [-0.2, 0) is 78.6 Å². The van der Waals surface area contributed by atoms with E-state index in [0.717, 1.165) is 76.4 Å². The zero-order chi connectivity index (χ0) is 90.6. The number of alkyl halides is 1. The molecule has 1 unspecified atom stereocenters. The van der Waals surface area contributed by atoms with Crippen molar-refractivity contribution in [1.29, 1.82) is 0 Å². The molecule has 0 saturated heterocycles. The summed E-state index contributed by atoms with van der Waals surface area (Å²) in [6.45, 7) is 20.7. The SMILES string of the molecule is CC(Br)C(=O)c1cnn(C)c1.CCC(=O)c1cnn(C)c1.CCc1ccccc1.CCc1ccccc1.CCc1ccccc1.CCc1ccccc1.CCc1ccccc1.CCc1ccccc1.CNC(N)=S.CNc1nc(-c2cn[nH]c2)c(C)s1.CNc1nc(-c2cnn(C)c2)c(C)s1.CON(C)C(=O)c1cnn(C)c1.Cn1cc(C(=O)O)cn1. The van der Waals surface area contributed by atoms with Crippen molar-refractivity contribution in [1.82, 2.24) is 79.4 Å². The molecular weight excluding hydrogens is 1660 g/mol. The molecule has 0 aliphatic heterocycles. The number of aromatic amines is 1. The molecule has 0 saturated carbocycles. The number of aromatic nitrogens is 14. The van der Waals surface area contributed by atoms with Gasteiger partial charge in [0.2, 0.25) is 0 Å². The van der Waals surface area contributed by atoms with Gasteiger partial charge in [0, 0.05) is 128 Å². The maximum atomic E-state index is 11.3. The van der Waals surface area contributed by atoms with Crippen LogP contribution >= 0.6 is 50.8 Å². The van der Waals surface area contributed by atoms with Gasteiger partial charge in [0.1, 0.15) is 0 Å². The monoisotopic (exact) mass is 1780 g/mol. The number of carbonyl (C=O) groups is 4. The number of carboxylic acids is 1. The number of carbonyl (C=O) groups excluding carboxylic acids is 3. The number of H-pyrrole nitrogens is 1. The number of nitrogens with two attached hydrogens (primary N) is 1. The summed E-state index contributed by atoms with van der Waals surface area (Å²) in [6, 6.07) is 62.7. The molecular formula is C93H124BrN19O6S3. The van der Waals surface area contributed by atoms with Crippen LogP contribution in [0.25, 0.3) is 22.5 Å². The maximum absolute atomic E-state index is 11.3. The fourth-order valence-corrected chi connectivity index (χ4v) is 11.5. The summed E-state index contributed by atoms with van der Waals surface area (Å²) in [5, 5.41) is 46.4. The van der Waals surface area contributed by atoms with Gasteiger partial charge < -0.3 is 26.8 Å². The third-order valence-electron chi connectivity index (χ3n) is 16.7. The van der Waals surface area contributed by atoms with E-state index in [1.54, 1.807) is 128 Å². The number of anilines is 2. The minimum atomic E-state index is -0.942. The summed E-state index contributed by atoms with van der Waals surface area (Å²) in [6.07, 6.45) is 27.3. The molecule has 122 heavy (non-hydrogen) atoms. The first-order valence-corrected chi connectivity index (χ1v) is 42.7. The van der Waals surface area contributed by atoms with Crippen LogP contribution in [0.3, 0.4) is 0 Å². The van der Waals surface area contributed by atoms with Crippen molar-refractivity contribution in [3.05, 3.63) is 322 Å². The number of benzene rings is 6. The molecule has 8 heterocycles. The van der Waals surface area contributed by atoms with Crippen LogP contribution in [0.2, 0.25) is 0 Å². The summed E-state index contributed by atoms with van der Waals surface area (Å²) in [4.78, 5) is 59.6. The van der Waals surface area contributed by atoms with Gasteiger partial charge in [0.05, 0.1) is 82.8 Å². The van der Waals surface area contributed by atoms with Crippen molar-refractivity contribution in [3.63, 3.8) is 0 Å². The van der Waals surface area contributed by atoms with E-state index in [-0.39, 0.29) is 27.9 Å². The zero-order valence-corrected chi connectivity index (χ0v) is 78.2. The largest absolute Gasteiger partial charge is 0.478 e.